The van der Waals surface area contributed by atoms with Crippen molar-refractivity contribution in [1.29, 1.82) is 0 Å². The molecule has 3 aliphatic heterocycles. The average molecular weight is 681 g/mol. The van der Waals surface area contributed by atoms with Gasteiger partial charge in [-0.3, -0.25) is 9.59 Å². The number of hydrogen-bond acceptors (Lipinski definition) is 11. The van der Waals surface area contributed by atoms with Crippen LogP contribution in [-0.4, -0.2) is 52.2 Å². The number of carbonyl (C=O) groups excluding carboxylic acids is 3. The number of anilines is 1. The van der Waals surface area contributed by atoms with E-state index in [4.69, 9.17) is 23.3 Å². The quantitative estimate of drug-likeness (QED) is 0.212. The highest BCUT2D eigenvalue weighted by atomic mass is 16.5. The van der Waals surface area contributed by atoms with Gasteiger partial charge in [-0.1, -0.05) is 63.4 Å². The molecule has 2 aromatic carbocycles. The molecule has 12 heteroatoms. The molecule has 1 aliphatic carbocycles. The van der Waals surface area contributed by atoms with Crippen molar-refractivity contribution in [3.8, 4) is 17.3 Å². The second kappa shape index (κ2) is 12.4. The number of oxazole rings is 2. The van der Waals surface area contributed by atoms with Gasteiger partial charge in [0.2, 0.25) is 17.7 Å². The van der Waals surface area contributed by atoms with E-state index in [2.05, 4.69) is 15.6 Å². The Morgan fingerprint density at radius 3 is 2.64 bits per heavy atom. The monoisotopic (exact) mass is 680 g/mol. The lowest BCUT2D eigenvalue weighted by molar-refractivity contribution is -0.135. The lowest BCUT2D eigenvalue weighted by Gasteiger charge is -2.31. The summed E-state index contributed by atoms with van der Waals surface area (Å²) in [6.45, 7) is 3.57. The minimum Gasteiger partial charge on any atom is -0.469 e. The fourth-order valence-electron chi connectivity index (χ4n) is 8.21. The van der Waals surface area contributed by atoms with Gasteiger partial charge in [0, 0.05) is 23.6 Å². The van der Waals surface area contributed by atoms with E-state index >= 15 is 0 Å². The number of esters is 1. The van der Waals surface area contributed by atoms with Gasteiger partial charge in [-0.05, 0) is 54.4 Å². The fourth-order valence-corrected chi connectivity index (χ4v) is 8.21. The van der Waals surface area contributed by atoms with Crippen LogP contribution in [0.3, 0.4) is 0 Å². The summed E-state index contributed by atoms with van der Waals surface area (Å²) >= 11 is 0. The Labute approximate surface area is 289 Å². The van der Waals surface area contributed by atoms with E-state index in [0.29, 0.717) is 11.5 Å². The zero-order chi connectivity index (χ0) is 34.7. The number of carbonyl (C=O) groups is 3. The first-order valence-corrected chi connectivity index (χ1v) is 17.4. The van der Waals surface area contributed by atoms with Crippen molar-refractivity contribution in [2.24, 2.45) is 17.8 Å². The van der Waals surface area contributed by atoms with Gasteiger partial charge < -0.3 is 34.0 Å². The van der Waals surface area contributed by atoms with E-state index in [-0.39, 0.29) is 59.5 Å². The fraction of sp³-hybridized carbons (Fsp3) is 0.447. The smallest absolute Gasteiger partial charge is 0.360 e. The summed E-state index contributed by atoms with van der Waals surface area (Å²) in [7, 11) is 1.27. The number of para-hydroxylation sites is 1. The maximum atomic E-state index is 14.3. The highest BCUT2D eigenvalue weighted by molar-refractivity contribution is 5.90. The SMILES string of the molecule is COC(=O)c1coc(-c2nc3oc2[C@@]24c5ccccc5NC2Oc2ccc(cc24)CC(CC(=O)[C@@H](O)C(C)C)C(=O)N[C@H]3C2CCCCC2)n1. The number of Topliss-reactive ketones (excluding diaryl/α,β-unsaturated/α-hetero) is 1. The molecule has 3 N–H and O–H groups in total. The molecule has 12 nitrogen and oxygen atoms in total. The molecule has 2 unspecified atom stereocenters. The molecule has 0 radical (unpaired) electrons. The first-order valence-electron chi connectivity index (χ1n) is 17.4. The number of amides is 1. The summed E-state index contributed by atoms with van der Waals surface area (Å²) in [6, 6.07) is 13.1. The van der Waals surface area contributed by atoms with Gasteiger partial charge in [0.05, 0.1) is 7.11 Å². The topological polar surface area (TPSA) is 166 Å². The van der Waals surface area contributed by atoms with Crippen LogP contribution in [-0.2, 0) is 26.2 Å². The number of nitrogens with zero attached hydrogens (tertiary/aromatic N) is 2. The molecule has 4 aliphatic rings. The van der Waals surface area contributed by atoms with Crippen LogP contribution >= 0.6 is 0 Å². The predicted octanol–water partition coefficient (Wildman–Crippen LogP) is 5.48. The molecular weight excluding hydrogens is 640 g/mol. The summed E-state index contributed by atoms with van der Waals surface area (Å²) < 4.78 is 24.4. The molecule has 1 saturated carbocycles. The Bertz CT molecular complexity index is 1980. The van der Waals surface area contributed by atoms with Gasteiger partial charge in [0.15, 0.2) is 29.2 Å². The maximum absolute atomic E-state index is 14.3. The van der Waals surface area contributed by atoms with Crippen molar-refractivity contribution < 1.29 is 37.8 Å². The summed E-state index contributed by atoms with van der Waals surface area (Å²) in [5.41, 5.74) is 2.56. The Kier molecular flexibility index (Phi) is 8.01. The average Bonchev–Trinajstić information content (AvgIpc) is 3.91. The van der Waals surface area contributed by atoms with Crippen LogP contribution in [0.2, 0.25) is 0 Å². The number of methoxy groups -OCH3 is 1. The van der Waals surface area contributed by atoms with Crippen molar-refractivity contribution >= 4 is 23.3 Å². The molecule has 1 spiro atoms. The molecule has 8 rings (SSSR count). The van der Waals surface area contributed by atoms with Crippen molar-refractivity contribution in [1.82, 2.24) is 15.3 Å². The van der Waals surface area contributed by atoms with Crippen molar-refractivity contribution in [3.05, 3.63) is 82.8 Å². The first-order chi connectivity index (χ1) is 24.2. The van der Waals surface area contributed by atoms with Crippen LogP contribution < -0.4 is 15.4 Å². The molecule has 1 fully saturated rings. The van der Waals surface area contributed by atoms with E-state index in [1.54, 1.807) is 13.8 Å². The Morgan fingerprint density at radius 1 is 1.06 bits per heavy atom. The van der Waals surface area contributed by atoms with Crippen LogP contribution in [0.1, 0.15) is 97.2 Å². The van der Waals surface area contributed by atoms with Crippen LogP contribution in [0.5, 0.6) is 5.75 Å². The minimum absolute atomic E-state index is 0.0123. The molecule has 5 heterocycles. The Hall–Kier alpha value is -4.97. The van der Waals surface area contributed by atoms with Crippen molar-refractivity contribution in [2.45, 2.75) is 82.6 Å². The second-order valence-electron chi connectivity index (χ2n) is 14.2. The lowest BCUT2D eigenvalue weighted by Crippen LogP contribution is -2.41. The summed E-state index contributed by atoms with van der Waals surface area (Å²) in [5, 5.41) is 17.5. The number of hydrogen-bond donors (Lipinski definition) is 3. The minimum atomic E-state index is -1.18. The third-order valence-electron chi connectivity index (χ3n) is 10.8. The number of ether oxygens (including phenoxy) is 2. The van der Waals surface area contributed by atoms with Gasteiger partial charge in [0.1, 0.15) is 29.6 Å². The molecule has 50 heavy (non-hydrogen) atoms. The van der Waals surface area contributed by atoms with Crippen molar-refractivity contribution in [2.75, 3.05) is 12.4 Å². The lowest BCUT2D eigenvalue weighted by atomic mass is 9.72. The molecule has 1 amide bonds. The Morgan fingerprint density at radius 2 is 1.86 bits per heavy atom. The van der Waals surface area contributed by atoms with Gasteiger partial charge in [0.25, 0.3) is 0 Å². The number of aliphatic hydroxyl groups excluding tert-OH is 1. The summed E-state index contributed by atoms with van der Waals surface area (Å²) in [4.78, 5) is 49.7. The normalized spacial score (nSPS) is 24.6. The summed E-state index contributed by atoms with van der Waals surface area (Å²) in [5.74, 6) is -0.994. The van der Waals surface area contributed by atoms with E-state index in [0.717, 1.165) is 54.5 Å². The second-order valence-corrected chi connectivity index (χ2v) is 14.2. The van der Waals surface area contributed by atoms with E-state index < -0.39 is 35.7 Å². The first kappa shape index (κ1) is 32.2. The molecular formula is C38H40N4O8. The van der Waals surface area contributed by atoms with Crippen LogP contribution in [0, 0.1) is 17.8 Å². The number of ketones is 1. The standard InChI is InChI=1S/C38H40N4O8/c1-19(2)31(44)27(43)17-22-15-20-13-14-28-24(16-20)38(23-11-7-8-12-25(23)40-37(38)49-28)32-30(34-39-26(18-48-34)36(46)47-3)42-35(50-32)29(41-33(22)45)21-9-5-4-6-10-21/h7-8,11-14,16,18-19,21-22,29,31,37,40,44H,4-6,9-10,15,17H2,1-3H3,(H,41,45)/t22?,29-,31-,37?,38-/m0/s1. The number of aliphatic hydroxyl groups is 1. The summed E-state index contributed by atoms with van der Waals surface area (Å²) in [6.07, 6.45) is 4.35. The van der Waals surface area contributed by atoms with Crippen LogP contribution in [0.4, 0.5) is 5.69 Å². The highest BCUT2D eigenvalue weighted by Crippen LogP contribution is 2.59. The molecule has 0 saturated heterocycles. The van der Waals surface area contributed by atoms with Gasteiger partial charge in [-0.15, -0.1) is 0 Å². The van der Waals surface area contributed by atoms with Crippen LogP contribution in [0.15, 0.2) is 57.6 Å². The molecule has 5 atom stereocenters. The maximum Gasteiger partial charge on any atom is 0.360 e. The number of aromatic nitrogens is 2. The molecule has 4 bridgehead atoms. The van der Waals surface area contributed by atoms with Crippen LogP contribution in [0.25, 0.3) is 11.6 Å². The number of nitrogens with one attached hydrogen (secondary N) is 2. The number of benzene rings is 2. The van der Waals surface area contributed by atoms with Gasteiger partial charge in [-0.25, -0.2) is 14.8 Å². The van der Waals surface area contributed by atoms with Crippen molar-refractivity contribution in [3.63, 3.8) is 0 Å². The van der Waals surface area contributed by atoms with E-state index in [1.165, 1.54) is 13.4 Å². The Balaban J connectivity index is 1.37. The third kappa shape index (κ3) is 5.10. The molecule has 260 valence electrons. The highest BCUT2D eigenvalue weighted by Gasteiger charge is 2.61. The van der Waals surface area contributed by atoms with E-state index in [1.807, 2.05) is 42.5 Å². The number of rotatable bonds is 7. The molecule has 4 aromatic rings. The zero-order valence-corrected chi connectivity index (χ0v) is 28.2. The zero-order valence-electron chi connectivity index (χ0n) is 28.2. The predicted molar refractivity (Wildman–Crippen MR) is 179 cm³/mol. The van der Waals surface area contributed by atoms with E-state index in [9.17, 15) is 19.5 Å². The third-order valence-corrected chi connectivity index (χ3v) is 10.8. The molecule has 2 aromatic heterocycles. The van der Waals surface area contributed by atoms with Gasteiger partial charge in [-0.2, -0.15) is 0 Å². The largest absolute Gasteiger partial charge is 0.469 e. The number of fused-ring (bicyclic) bond motifs is 4. The van der Waals surface area contributed by atoms with Gasteiger partial charge >= 0.3 is 5.97 Å².